The van der Waals surface area contributed by atoms with Crippen LogP contribution in [0.25, 0.3) is 11.3 Å². The van der Waals surface area contributed by atoms with Crippen molar-refractivity contribution in [3.63, 3.8) is 0 Å². The molecule has 0 aliphatic carbocycles. The molecular formula is C24H28N4O3. The van der Waals surface area contributed by atoms with E-state index in [1.165, 1.54) is 6.42 Å². The number of nitrogens with zero attached hydrogens (tertiary/aromatic N) is 3. The molecule has 0 radical (unpaired) electrons. The van der Waals surface area contributed by atoms with Crippen molar-refractivity contribution in [2.45, 2.75) is 25.8 Å². The number of amides is 1. The summed E-state index contributed by atoms with van der Waals surface area (Å²) in [6.07, 6.45) is 5.21. The predicted octanol–water partition coefficient (Wildman–Crippen LogP) is 3.75. The number of benzene rings is 2. The summed E-state index contributed by atoms with van der Waals surface area (Å²) >= 11 is 0. The highest BCUT2D eigenvalue weighted by molar-refractivity contribution is 5.99. The van der Waals surface area contributed by atoms with Crippen LogP contribution < -0.4 is 14.9 Å². The van der Waals surface area contributed by atoms with Crippen LogP contribution in [0.3, 0.4) is 0 Å². The highest BCUT2D eigenvalue weighted by atomic mass is 16.5. The fourth-order valence-electron chi connectivity index (χ4n) is 3.85. The Labute approximate surface area is 182 Å². The van der Waals surface area contributed by atoms with E-state index in [2.05, 4.69) is 5.43 Å². The second-order valence-electron chi connectivity index (χ2n) is 7.63. The first-order valence-corrected chi connectivity index (χ1v) is 10.6. The van der Waals surface area contributed by atoms with Crippen molar-refractivity contribution < 1.29 is 14.3 Å². The molecule has 7 nitrogen and oxygen atoms in total. The van der Waals surface area contributed by atoms with Gasteiger partial charge in [-0.2, -0.15) is 5.10 Å². The zero-order valence-corrected chi connectivity index (χ0v) is 18.0. The molecule has 0 unspecified atom stereocenters. The van der Waals surface area contributed by atoms with Crippen LogP contribution in [-0.2, 0) is 6.54 Å². The number of ether oxygens (including phenoxy) is 2. The van der Waals surface area contributed by atoms with Gasteiger partial charge in [-0.15, -0.1) is 0 Å². The Morgan fingerprint density at radius 2 is 1.74 bits per heavy atom. The van der Waals surface area contributed by atoms with Crippen molar-refractivity contribution in [3.8, 4) is 22.8 Å². The predicted molar refractivity (Wildman–Crippen MR) is 119 cm³/mol. The summed E-state index contributed by atoms with van der Waals surface area (Å²) < 4.78 is 12.6. The molecule has 31 heavy (non-hydrogen) atoms. The third-order valence-electron chi connectivity index (χ3n) is 5.47. The first-order chi connectivity index (χ1) is 15.2. The average Bonchev–Trinajstić information content (AvgIpc) is 3.24. The molecule has 1 fully saturated rings. The quantitative estimate of drug-likeness (QED) is 0.631. The summed E-state index contributed by atoms with van der Waals surface area (Å²) in [7, 11) is 3.20. The zero-order chi connectivity index (χ0) is 21.6. The summed E-state index contributed by atoms with van der Waals surface area (Å²) in [4.78, 5) is 13.2. The second-order valence-corrected chi connectivity index (χ2v) is 7.63. The first kappa shape index (κ1) is 20.9. The number of hydrogen-bond acceptors (Lipinski definition) is 5. The van der Waals surface area contributed by atoms with E-state index in [4.69, 9.17) is 14.6 Å². The van der Waals surface area contributed by atoms with E-state index in [1.54, 1.807) is 14.2 Å². The van der Waals surface area contributed by atoms with Gasteiger partial charge in [-0.1, -0.05) is 36.8 Å². The van der Waals surface area contributed by atoms with E-state index in [0.29, 0.717) is 29.3 Å². The van der Waals surface area contributed by atoms with E-state index >= 15 is 0 Å². The van der Waals surface area contributed by atoms with E-state index in [1.807, 2.05) is 64.4 Å². The monoisotopic (exact) mass is 420 g/mol. The number of rotatable bonds is 7. The Morgan fingerprint density at radius 1 is 1.00 bits per heavy atom. The molecule has 1 saturated heterocycles. The van der Waals surface area contributed by atoms with Gasteiger partial charge in [0.15, 0.2) is 11.5 Å². The van der Waals surface area contributed by atoms with E-state index in [-0.39, 0.29) is 5.91 Å². The fourth-order valence-corrected chi connectivity index (χ4v) is 3.85. The summed E-state index contributed by atoms with van der Waals surface area (Å²) in [6, 6.07) is 15.7. The molecule has 0 saturated carbocycles. The third-order valence-corrected chi connectivity index (χ3v) is 5.47. The SMILES string of the molecule is COc1ccc(-c2nn(Cc3ccccc3)cc2C(=O)NN2CCCCC2)cc1OC. The van der Waals surface area contributed by atoms with Gasteiger partial charge in [0.25, 0.3) is 5.91 Å². The standard InChI is InChI=1S/C24H28N4O3/c1-30-21-12-11-19(15-22(21)31-2)23-20(24(29)26-27-13-7-4-8-14-27)17-28(25-23)16-18-9-5-3-6-10-18/h3,5-6,9-12,15,17H,4,7-8,13-14,16H2,1-2H3,(H,26,29). The number of carbonyl (C=O) groups excluding carboxylic acids is 1. The van der Waals surface area contributed by atoms with Crippen LogP contribution >= 0.6 is 0 Å². The van der Waals surface area contributed by atoms with Gasteiger partial charge in [-0.05, 0) is 36.6 Å². The van der Waals surface area contributed by atoms with Gasteiger partial charge in [0.2, 0.25) is 0 Å². The second kappa shape index (κ2) is 9.66. The van der Waals surface area contributed by atoms with E-state index in [9.17, 15) is 4.79 Å². The number of nitrogens with one attached hydrogen (secondary N) is 1. The molecule has 1 aliphatic heterocycles. The molecule has 4 rings (SSSR count). The number of aromatic nitrogens is 2. The lowest BCUT2D eigenvalue weighted by Gasteiger charge is -2.26. The topological polar surface area (TPSA) is 68.6 Å². The molecule has 1 aromatic heterocycles. The van der Waals surface area contributed by atoms with Crippen LogP contribution in [0.2, 0.25) is 0 Å². The molecule has 162 valence electrons. The van der Waals surface area contributed by atoms with E-state index < -0.39 is 0 Å². The zero-order valence-electron chi connectivity index (χ0n) is 18.0. The molecule has 0 spiro atoms. The van der Waals surface area contributed by atoms with Crippen LogP contribution in [-0.4, -0.2) is 48.0 Å². The highest BCUT2D eigenvalue weighted by Crippen LogP contribution is 2.33. The van der Waals surface area contributed by atoms with Crippen molar-refractivity contribution in [3.05, 3.63) is 65.9 Å². The Bertz CT molecular complexity index is 1030. The minimum atomic E-state index is -0.147. The summed E-state index contributed by atoms with van der Waals surface area (Å²) in [5.74, 6) is 1.08. The third kappa shape index (κ3) is 4.88. The minimum absolute atomic E-state index is 0.147. The summed E-state index contributed by atoms with van der Waals surface area (Å²) in [5.41, 5.74) is 6.13. The molecule has 1 N–H and O–H groups in total. The summed E-state index contributed by atoms with van der Waals surface area (Å²) in [5, 5.41) is 6.76. The Hall–Kier alpha value is -3.32. The number of methoxy groups -OCH3 is 2. The molecule has 0 bridgehead atoms. The molecule has 3 aromatic rings. The van der Waals surface area contributed by atoms with Crippen molar-refractivity contribution in [1.29, 1.82) is 0 Å². The molecule has 2 heterocycles. The van der Waals surface area contributed by atoms with Gasteiger partial charge >= 0.3 is 0 Å². The average molecular weight is 421 g/mol. The maximum absolute atomic E-state index is 13.2. The van der Waals surface area contributed by atoms with E-state index in [0.717, 1.165) is 37.1 Å². The van der Waals surface area contributed by atoms with Crippen LogP contribution in [0.1, 0.15) is 35.2 Å². The van der Waals surface area contributed by atoms with Crippen molar-refractivity contribution in [2.24, 2.45) is 0 Å². The molecular weight excluding hydrogens is 392 g/mol. The molecule has 0 atom stereocenters. The van der Waals surface area contributed by atoms with Crippen LogP contribution in [0.4, 0.5) is 0 Å². The normalized spacial score (nSPS) is 14.3. The Kier molecular flexibility index (Phi) is 6.52. The molecule has 1 amide bonds. The molecule has 2 aromatic carbocycles. The van der Waals surface area contributed by atoms with Crippen molar-refractivity contribution in [2.75, 3.05) is 27.3 Å². The maximum atomic E-state index is 13.2. The Morgan fingerprint density at radius 3 is 2.45 bits per heavy atom. The van der Waals surface area contributed by atoms with Gasteiger partial charge in [0.1, 0.15) is 5.69 Å². The van der Waals surface area contributed by atoms with Gasteiger partial charge in [-0.25, -0.2) is 5.01 Å². The highest BCUT2D eigenvalue weighted by Gasteiger charge is 2.22. The lowest BCUT2D eigenvalue weighted by Crippen LogP contribution is -2.45. The smallest absolute Gasteiger partial charge is 0.269 e. The largest absolute Gasteiger partial charge is 0.493 e. The fraction of sp³-hybridized carbons (Fsp3) is 0.333. The number of piperidine rings is 1. The van der Waals surface area contributed by atoms with Crippen molar-refractivity contribution in [1.82, 2.24) is 20.2 Å². The number of hydrazine groups is 1. The Balaban J connectivity index is 1.68. The van der Waals surface area contributed by atoms with Crippen LogP contribution in [0, 0.1) is 0 Å². The molecule has 7 heteroatoms. The maximum Gasteiger partial charge on any atom is 0.269 e. The van der Waals surface area contributed by atoms with Gasteiger partial charge in [0, 0.05) is 24.8 Å². The number of carbonyl (C=O) groups is 1. The summed E-state index contributed by atoms with van der Waals surface area (Å²) in [6.45, 7) is 2.32. The van der Waals surface area contributed by atoms with Crippen LogP contribution in [0.15, 0.2) is 54.7 Å². The van der Waals surface area contributed by atoms with Crippen LogP contribution in [0.5, 0.6) is 11.5 Å². The van der Waals surface area contributed by atoms with Crippen molar-refractivity contribution >= 4 is 5.91 Å². The minimum Gasteiger partial charge on any atom is -0.493 e. The lowest BCUT2D eigenvalue weighted by atomic mass is 10.1. The lowest BCUT2D eigenvalue weighted by molar-refractivity contribution is 0.0750. The van der Waals surface area contributed by atoms with Gasteiger partial charge in [0.05, 0.1) is 26.3 Å². The number of hydrogen-bond donors (Lipinski definition) is 1. The first-order valence-electron chi connectivity index (χ1n) is 10.6. The van der Waals surface area contributed by atoms with Gasteiger partial charge < -0.3 is 9.47 Å². The molecule has 1 aliphatic rings. The van der Waals surface area contributed by atoms with Gasteiger partial charge in [-0.3, -0.25) is 14.9 Å².